The van der Waals surface area contributed by atoms with Crippen LogP contribution in [0.4, 0.5) is 0 Å². The molecule has 0 unspecified atom stereocenters. The van der Waals surface area contributed by atoms with E-state index in [2.05, 4.69) is 21.9 Å². The average molecular weight is 231 g/mol. The first kappa shape index (κ1) is 15.2. The van der Waals surface area contributed by atoms with E-state index in [1.165, 1.54) is 5.56 Å². The van der Waals surface area contributed by atoms with Crippen molar-refractivity contribution < 1.29 is 0 Å². The zero-order chi connectivity index (χ0) is 12.9. The Balaban J connectivity index is 0.000000265. The summed E-state index contributed by atoms with van der Waals surface area (Å²) in [4.78, 5) is 11.8. The summed E-state index contributed by atoms with van der Waals surface area (Å²) in [6, 6.07) is 3.94. The molecule has 2 rings (SSSR count). The Morgan fingerprint density at radius 3 is 1.88 bits per heavy atom. The van der Waals surface area contributed by atoms with Gasteiger partial charge in [-0.1, -0.05) is 20.8 Å². The van der Waals surface area contributed by atoms with Gasteiger partial charge in [0.15, 0.2) is 0 Å². The first-order chi connectivity index (χ1) is 8.33. The van der Waals surface area contributed by atoms with Gasteiger partial charge in [0, 0.05) is 31.0 Å². The molecule has 17 heavy (non-hydrogen) atoms. The van der Waals surface area contributed by atoms with Gasteiger partial charge in [0.2, 0.25) is 0 Å². The number of hydrogen-bond donors (Lipinski definition) is 0. The molecule has 0 saturated carbocycles. The van der Waals surface area contributed by atoms with Crippen LogP contribution >= 0.6 is 0 Å². The summed E-state index contributed by atoms with van der Waals surface area (Å²) in [6.45, 7) is 8.10. The first-order valence-electron chi connectivity index (χ1n) is 5.94. The van der Waals surface area contributed by atoms with Crippen molar-refractivity contribution in [3.8, 4) is 0 Å². The molecule has 0 fully saturated rings. The number of pyridine rings is 1. The Bertz CT molecular complexity index is 360. The van der Waals surface area contributed by atoms with E-state index in [0.717, 1.165) is 12.1 Å². The Morgan fingerprint density at radius 1 is 0.941 bits per heavy atom. The third kappa shape index (κ3) is 8.08. The quantitative estimate of drug-likeness (QED) is 0.754. The van der Waals surface area contributed by atoms with Crippen LogP contribution in [0.3, 0.4) is 0 Å². The molecule has 3 nitrogen and oxygen atoms in total. The second-order valence-electron chi connectivity index (χ2n) is 3.07. The SMILES string of the molecule is CC.CCc1cnccn1.Cc1ccncc1. The van der Waals surface area contributed by atoms with Gasteiger partial charge in [0.25, 0.3) is 0 Å². The van der Waals surface area contributed by atoms with E-state index in [0.29, 0.717) is 0 Å². The molecule has 0 aliphatic rings. The maximum atomic E-state index is 4.03. The summed E-state index contributed by atoms with van der Waals surface area (Å²) in [5.41, 5.74) is 2.31. The normalized spacial score (nSPS) is 8.24. The molecule has 0 saturated heterocycles. The summed E-state index contributed by atoms with van der Waals surface area (Å²) < 4.78 is 0. The highest BCUT2D eigenvalue weighted by atomic mass is 14.8. The van der Waals surface area contributed by atoms with E-state index >= 15 is 0 Å². The van der Waals surface area contributed by atoms with Crippen molar-refractivity contribution in [1.29, 1.82) is 0 Å². The molecular formula is C14H21N3. The maximum absolute atomic E-state index is 4.03. The van der Waals surface area contributed by atoms with Crippen molar-refractivity contribution in [2.75, 3.05) is 0 Å². The zero-order valence-corrected chi connectivity index (χ0v) is 11.1. The van der Waals surface area contributed by atoms with Crippen LogP contribution in [0.15, 0.2) is 43.1 Å². The van der Waals surface area contributed by atoms with Crippen LogP contribution in [0.2, 0.25) is 0 Å². The number of rotatable bonds is 1. The molecule has 0 amide bonds. The molecular weight excluding hydrogens is 210 g/mol. The Kier molecular flexibility index (Phi) is 9.62. The molecule has 0 radical (unpaired) electrons. The number of aryl methyl sites for hydroxylation is 2. The fourth-order valence-electron chi connectivity index (χ4n) is 0.939. The minimum Gasteiger partial charge on any atom is -0.265 e. The fraction of sp³-hybridized carbons (Fsp3) is 0.357. The second kappa shape index (κ2) is 10.7. The van der Waals surface area contributed by atoms with Crippen molar-refractivity contribution in [2.45, 2.75) is 34.1 Å². The lowest BCUT2D eigenvalue weighted by molar-refractivity contribution is 1.000. The predicted molar refractivity (Wildman–Crippen MR) is 71.7 cm³/mol. The minimum absolute atomic E-state index is 0.966. The molecule has 0 atom stereocenters. The number of aromatic nitrogens is 3. The monoisotopic (exact) mass is 231 g/mol. The van der Waals surface area contributed by atoms with Crippen LogP contribution in [-0.4, -0.2) is 15.0 Å². The van der Waals surface area contributed by atoms with Gasteiger partial charge in [-0.05, 0) is 31.0 Å². The lowest BCUT2D eigenvalue weighted by Gasteiger charge is -1.88. The summed E-state index contributed by atoms with van der Waals surface area (Å²) in [7, 11) is 0. The van der Waals surface area contributed by atoms with Crippen molar-refractivity contribution >= 4 is 0 Å². The predicted octanol–water partition coefficient (Wildman–Crippen LogP) is 3.46. The highest BCUT2D eigenvalue weighted by molar-refractivity contribution is 5.05. The number of nitrogens with zero attached hydrogens (tertiary/aromatic N) is 3. The van der Waals surface area contributed by atoms with Gasteiger partial charge in [-0.25, -0.2) is 0 Å². The Hall–Kier alpha value is -1.77. The van der Waals surface area contributed by atoms with Gasteiger partial charge in [-0.2, -0.15) is 0 Å². The molecule has 0 bridgehead atoms. The first-order valence-corrected chi connectivity index (χ1v) is 5.94. The molecule has 0 spiro atoms. The lowest BCUT2D eigenvalue weighted by Crippen LogP contribution is -1.84. The zero-order valence-electron chi connectivity index (χ0n) is 11.1. The third-order valence-corrected chi connectivity index (χ3v) is 1.83. The topological polar surface area (TPSA) is 38.7 Å². The summed E-state index contributed by atoms with van der Waals surface area (Å²) in [6.07, 6.45) is 9.70. The van der Waals surface area contributed by atoms with Gasteiger partial charge in [-0.15, -0.1) is 0 Å². The van der Waals surface area contributed by atoms with Gasteiger partial charge in [0.05, 0.1) is 5.69 Å². The Labute approximate surface area is 104 Å². The summed E-state index contributed by atoms with van der Waals surface area (Å²) in [5, 5.41) is 0. The molecule has 92 valence electrons. The maximum Gasteiger partial charge on any atom is 0.0583 e. The van der Waals surface area contributed by atoms with E-state index in [1.54, 1.807) is 31.0 Å². The van der Waals surface area contributed by atoms with Gasteiger partial charge < -0.3 is 0 Å². The molecule has 0 aliphatic heterocycles. The molecule has 0 aliphatic carbocycles. The van der Waals surface area contributed by atoms with Crippen LogP contribution < -0.4 is 0 Å². The Morgan fingerprint density at radius 2 is 1.59 bits per heavy atom. The lowest BCUT2D eigenvalue weighted by atomic mass is 10.3. The minimum atomic E-state index is 0.966. The molecule has 2 heterocycles. The van der Waals surface area contributed by atoms with Crippen LogP contribution in [0.5, 0.6) is 0 Å². The van der Waals surface area contributed by atoms with E-state index in [-0.39, 0.29) is 0 Å². The van der Waals surface area contributed by atoms with E-state index < -0.39 is 0 Å². The van der Waals surface area contributed by atoms with Gasteiger partial charge in [0.1, 0.15) is 0 Å². The van der Waals surface area contributed by atoms with E-state index in [4.69, 9.17) is 0 Å². The van der Waals surface area contributed by atoms with Crippen LogP contribution in [0.1, 0.15) is 32.0 Å². The molecule has 0 N–H and O–H groups in total. The molecule has 2 aromatic rings. The van der Waals surface area contributed by atoms with Crippen LogP contribution in [0.25, 0.3) is 0 Å². The molecule has 3 heteroatoms. The third-order valence-electron chi connectivity index (χ3n) is 1.83. The van der Waals surface area contributed by atoms with E-state index in [9.17, 15) is 0 Å². The second-order valence-corrected chi connectivity index (χ2v) is 3.07. The molecule has 0 aromatic carbocycles. The van der Waals surface area contributed by atoms with E-state index in [1.807, 2.05) is 32.9 Å². The van der Waals surface area contributed by atoms with Crippen molar-refractivity contribution in [2.24, 2.45) is 0 Å². The van der Waals surface area contributed by atoms with Gasteiger partial charge in [-0.3, -0.25) is 15.0 Å². The number of hydrogen-bond acceptors (Lipinski definition) is 3. The fourth-order valence-corrected chi connectivity index (χ4v) is 0.939. The average Bonchev–Trinajstić information content (AvgIpc) is 2.43. The highest BCUT2D eigenvalue weighted by Gasteiger charge is 1.82. The summed E-state index contributed by atoms with van der Waals surface area (Å²) in [5.74, 6) is 0. The smallest absolute Gasteiger partial charge is 0.0583 e. The largest absolute Gasteiger partial charge is 0.265 e. The van der Waals surface area contributed by atoms with Crippen molar-refractivity contribution in [1.82, 2.24) is 15.0 Å². The van der Waals surface area contributed by atoms with Crippen LogP contribution in [0, 0.1) is 6.92 Å². The standard InChI is InChI=1S/C6H8N2.C6H7N.C2H6/c1-2-6-5-7-3-4-8-6;1-6-2-4-7-5-3-6;1-2/h3-5H,2H2,1H3;2-5H,1H3;1-2H3. The van der Waals surface area contributed by atoms with Gasteiger partial charge >= 0.3 is 0 Å². The van der Waals surface area contributed by atoms with Crippen LogP contribution in [-0.2, 0) is 6.42 Å². The highest BCUT2D eigenvalue weighted by Crippen LogP contribution is 1.89. The van der Waals surface area contributed by atoms with Crippen molar-refractivity contribution in [3.63, 3.8) is 0 Å². The molecule has 2 aromatic heterocycles. The summed E-state index contributed by atoms with van der Waals surface area (Å²) >= 11 is 0. The van der Waals surface area contributed by atoms with Crippen molar-refractivity contribution in [3.05, 3.63) is 54.4 Å².